The van der Waals surface area contributed by atoms with Crippen LogP contribution in [0.15, 0.2) is 48.0 Å². The van der Waals surface area contributed by atoms with Crippen LogP contribution in [0.1, 0.15) is 20.9 Å². The number of hydrogen-bond donors (Lipinski definition) is 1. The van der Waals surface area contributed by atoms with Crippen molar-refractivity contribution in [3.8, 4) is 5.69 Å². The van der Waals surface area contributed by atoms with Crippen molar-refractivity contribution in [2.24, 2.45) is 0 Å². The van der Waals surface area contributed by atoms with Crippen LogP contribution in [0.5, 0.6) is 0 Å². The van der Waals surface area contributed by atoms with Crippen LogP contribution < -0.4 is 5.32 Å². The molecule has 0 unspecified atom stereocenters. The Labute approximate surface area is 131 Å². The zero-order valence-electron chi connectivity index (χ0n) is 11.9. The SMILES string of the molecule is Cc1c(C(=O)NCc2cccs2)cnn1-c1ccccc1F. The van der Waals surface area contributed by atoms with Crippen LogP contribution in [0, 0.1) is 12.7 Å². The standard InChI is InChI=1S/C16H14FN3OS/c1-11-13(16(21)18-9-12-5-4-8-22-12)10-19-20(11)15-7-3-2-6-14(15)17/h2-8,10H,9H2,1H3,(H,18,21). The summed E-state index contributed by atoms with van der Waals surface area (Å²) < 4.78 is 15.3. The van der Waals surface area contributed by atoms with Gasteiger partial charge in [-0.2, -0.15) is 5.10 Å². The lowest BCUT2D eigenvalue weighted by Gasteiger charge is -2.07. The van der Waals surface area contributed by atoms with E-state index >= 15 is 0 Å². The monoisotopic (exact) mass is 315 g/mol. The van der Waals surface area contributed by atoms with Gasteiger partial charge in [-0.25, -0.2) is 9.07 Å². The molecule has 0 atom stereocenters. The highest BCUT2D eigenvalue weighted by Crippen LogP contribution is 2.17. The van der Waals surface area contributed by atoms with Gasteiger partial charge in [-0.1, -0.05) is 18.2 Å². The largest absolute Gasteiger partial charge is 0.347 e. The lowest BCUT2D eigenvalue weighted by atomic mass is 10.2. The minimum absolute atomic E-state index is 0.214. The average molecular weight is 315 g/mol. The summed E-state index contributed by atoms with van der Waals surface area (Å²) in [6.45, 7) is 2.22. The van der Waals surface area contributed by atoms with Gasteiger partial charge in [-0.05, 0) is 30.5 Å². The molecule has 6 heteroatoms. The number of rotatable bonds is 4. The van der Waals surface area contributed by atoms with Crippen molar-refractivity contribution in [2.75, 3.05) is 0 Å². The predicted molar refractivity (Wildman–Crippen MR) is 83.7 cm³/mol. The van der Waals surface area contributed by atoms with Crippen LogP contribution in [-0.2, 0) is 6.54 Å². The van der Waals surface area contributed by atoms with Gasteiger partial charge < -0.3 is 5.32 Å². The molecule has 0 bridgehead atoms. The molecule has 0 aliphatic carbocycles. The van der Waals surface area contributed by atoms with Gasteiger partial charge in [0.25, 0.3) is 5.91 Å². The first kappa shape index (κ1) is 14.5. The van der Waals surface area contributed by atoms with Gasteiger partial charge in [0.05, 0.1) is 24.0 Å². The van der Waals surface area contributed by atoms with Gasteiger partial charge in [-0.15, -0.1) is 11.3 Å². The van der Waals surface area contributed by atoms with E-state index in [2.05, 4.69) is 10.4 Å². The number of nitrogens with one attached hydrogen (secondary N) is 1. The molecule has 3 rings (SSSR count). The van der Waals surface area contributed by atoms with E-state index in [4.69, 9.17) is 0 Å². The summed E-state index contributed by atoms with van der Waals surface area (Å²) in [6.07, 6.45) is 1.46. The highest BCUT2D eigenvalue weighted by atomic mass is 32.1. The first-order valence-corrected chi connectivity index (χ1v) is 7.65. The molecule has 0 radical (unpaired) electrons. The topological polar surface area (TPSA) is 46.9 Å². The number of thiophene rings is 1. The van der Waals surface area contributed by atoms with Crippen molar-refractivity contribution in [3.05, 3.63) is 69.9 Å². The minimum atomic E-state index is -0.376. The van der Waals surface area contributed by atoms with Gasteiger partial charge in [0.2, 0.25) is 0 Å². The third-order valence-corrected chi connectivity index (χ3v) is 4.21. The first-order valence-electron chi connectivity index (χ1n) is 6.77. The number of nitrogens with zero attached hydrogens (tertiary/aromatic N) is 2. The Balaban J connectivity index is 1.81. The number of amides is 1. The number of hydrogen-bond acceptors (Lipinski definition) is 3. The third-order valence-electron chi connectivity index (χ3n) is 3.34. The van der Waals surface area contributed by atoms with Gasteiger partial charge in [-0.3, -0.25) is 4.79 Å². The molecule has 0 saturated heterocycles. The third kappa shape index (κ3) is 2.78. The van der Waals surface area contributed by atoms with Crippen LogP contribution in [0.2, 0.25) is 0 Å². The van der Waals surface area contributed by atoms with Gasteiger partial charge in [0.1, 0.15) is 11.5 Å². The Morgan fingerprint density at radius 3 is 2.86 bits per heavy atom. The molecular formula is C16H14FN3OS. The summed E-state index contributed by atoms with van der Waals surface area (Å²) in [6, 6.07) is 10.2. The molecule has 1 N–H and O–H groups in total. The Hall–Kier alpha value is -2.47. The number of halogens is 1. The molecule has 0 aliphatic heterocycles. The number of para-hydroxylation sites is 1. The van der Waals surface area contributed by atoms with Crippen LogP contribution in [-0.4, -0.2) is 15.7 Å². The molecule has 0 fully saturated rings. The lowest BCUT2D eigenvalue weighted by Crippen LogP contribution is -2.22. The highest BCUT2D eigenvalue weighted by Gasteiger charge is 2.16. The molecule has 4 nitrogen and oxygen atoms in total. The summed E-state index contributed by atoms with van der Waals surface area (Å²) in [7, 11) is 0. The Morgan fingerprint density at radius 2 is 2.14 bits per heavy atom. The average Bonchev–Trinajstić information content (AvgIpc) is 3.15. The van der Waals surface area contributed by atoms with E-state index in [1.807, 2.05) is 17.5 Å². The Morgan fingerprint density at radius 1 is 1.32 bits per heavy atom. The fraction of sp³-hybridized carbons (Fsp3) is 0.125. The summed E-state index contributed by atoms with van der Waals surface area (Å²) >= 11 is 1.58. The Bertz CT molecular complexity index is 796. The predicted octanol–water partition coefficient (Wildman–Crippen LogP) is 3.31. The van der Waals surface area contributed by atoms with Crippen LogP contribution >= 0.6 is 11.3 Å². The van der Waals surface area contributed by atoms with E-state index in [1.54, 1.807) is 36.5 Å². The van der Waals surface area contributed by atoms with E-state index in [0.29, 0.717) is 23.5 Å². The molecule has 112 valence electrons. The number of aromatic nitrogens is 2. The molecule has 1 aromatic carbocycles. The van der Waals surface area contributed by atoms with Gasteiger partial charge in [0.15, 0.2) is 0 Å². The number of carbonyl (C=O) groups is 1. The normalized spacial score (nSPS) is 10.6. The molecule has 0 spiro atoms. The van der Waals surface area contributed by atoms with Crippen molar-refractivity contribution >= 4 is 17.2 Å². The molecule has 2 aromatic heterocycles. The second-order valence-corrected chi connectivity index (χ2v) is 5.80. The van der Waals surface area contributed by atoms with Crippen molar-refractivity contribution in [2.45, 2.75) is 13.5 Å². The van der Waals surface area contributed by atoms with Crippen molar-refractivity contribution in [1.82, 2.24) is 15.1 Å². The summed E-state index contributed by atoms with van der Waals surface area (Å²) in [5, 5.41) is 8.94. The second-order valence-electron chi connectivity index (χ2n) is 4.77. The zero-order valence-corrected chi connectivity index (χ0v) is 12.7. The van der Waals surface area contributed by atoms with E-state index in [1.165, 1.54) is 16.9 Å². The Kier molecular flexibility index (Phi) is 4.02. The highest BCUT2D eigenvalue weighted by molar-refractivity contribution is 7.09. The second kappa shape index (κ2) is 6.11. The lowest BCUT2D eigenvalue weighted by molar-refractivity contribution is 0.0950. The van der Waals surface area contributed by atoms with Gasteiger partial charge in [0, 0.05) is 4.88 Å². The molecule has 0 saturated carbocycles. The molecule has 1 amide bonds. The quantitative estimate of drug-likeness (QED) is 0.803. The fourth-order valence-corrected chi connectivity index (χ4v) is 2.82. The summed E-state index contributed by atoms with van der Waals surface area (Å²) in [5.74, 6) is -0.590. The number of carbonyl (C=O) groups excluding carboxylic acids is 1. The maximum atomic E-state index is 13.8. The summed E-state index contributed by atoms with van der Waals surface area (Å²) in [5.41, 5.74) is 1.38. The maximum absolute atomic E-state index is 13.8. The van der Waals surface area contributed by atoms with Crippen LogP contribution in [0.25, 0.3) is 5.69 Å². The van der Waals surface area contributed by atoms with E-state index in [9.17, 15) is 9.18 Å². The van der Waals surface area contributed by atoms with E-state index in [0.717, 1.165) is 4.88 Å². The first-order chi connectivity index (χ1) is 10.7. The molecule has 22 heavy (non-hydrogen) atoms. The molecule has 0 aliphatic rings. The van der Waals surface area contributed by atoms with E-state index in [-0.39, 0.29) is 11.7 Å². The van der Waals surface area contributed by atoms with Crippen LogP contribution in [0.3, 0.4) is 0 Å². The van der Waals surface area contributed by atoms with Crippen molar-refractivity contribution in [3.63, 3.8) is 0 Å². The fourth-order valence-electron chi connectivity index (χ4n) is 2.17. The van der Waals surface area contributed by atoms with Crippen molar-refractivity contribution < 1.29 is 9.18 Å². The minimum Gasteiger partial charge on any atom is -0.347 e. The smallest absolute Gasteiger partial charge is 0.255 e. The maximum Gasteiger partial charge on any atom is 0.255 e. The molecule has 2 heterocycles. The van der Waals surface area contributed by atoms with Gasteiger partial charge >= 0.3 is 0 Å². The molecular weight excluding hydrogens is 301 g/mol. The zero-order chi connectivity index (χ0) is 15.5. The van der Waals surface area contributed by atoms with E-state index < -0.39 is 0 Å². The summed E-state index contributed by atoms with van der Waals surface area (Å²) in [4.78, 5) is 13.3. The van der Waals surface area contributed by atoms with Crippen molar-refractivity contribution in [1.29, 1.82) is 0 Å². The number of benzene rings is 1. The van der Waals surface area contributed by atoms with Crippen LogP contribution in [0.4, 0.5) is 4.39 Å². The molecule has 3 aromatic rings.